The lowest BCUT2D eigenvalue weighted by Gasteiger charge is -2.26. The van der Waals surface area contributed by atoms with Gasteiger partial charge in [0.25, 0.3) is 0 Å². The number of rotatable bonds is 4. The fraction of sp³-hybridized carbons (Fsp3) is 1.00. The third-order valence-corrected chi connectivity index (χ3v) is 4.01. The SMILES string of the molecule is CCC(C)(C)[Si](OC)OC. The molecule has 0 amide bonds. The first-order valence-corrected chi connectivity index (χ1v) is 4.85. The summed E-state index contributed by atoms with van der Waals surface area (Å²) in [5.74, 6) is 0. The lowest BCUT2D eigenvalue weighted by molar-refractivity contribution is 0.245. The van der Waals surface area contributed by atoms with Gasteiger partial charge in [0.15, 0.2) is 0 Å². The molecule has 10 heavy (non-hydrogen) atoms. The number of hydrogen-bond acceptors (Lipinski definition) is 2. The van der Waals surface area contributed by atoms with E-state index in [4.69, 9.17) is 8.85 Å². The smallest absolute Gasteiger partial charge is 0.390 e. The number of hydrogen-bond donors (Lipinski definition) is 0. The highest BCUT2D eigenvalue weighted by Crippen LogP contribution is 2.32. The first-order valence-electron chi connectivity index (χ1n) is 3.54. The maximum absolute atomic E-state index is 5.23. The summed E-state index contributed by atoms with van der Waals surface area (Å²) in [6.45, 7) is 6.51. The first-order chi connectivity index (χ1) is 4.58. The molecule has 0 aromatic rings. The van der Waals surface area contributed by atoms with Crippen LogP contribution in [0.25, 0.3) is 0 Å². The Hall–Kier alpha value is 0.137. The van der Waals surface area contributed by atoms with Crippen LogP contribution in [0.5, 0.6) is 0 Å². The van der Waals surface area contributed by atoms with Crippen molar-refractivity contribution < 1.29 is 8.85 Å². The Kier molecular flexibility index (Phi) is 4.16. The predicted octanol–water partition coefficient (Wildman–Crippen LogP) is 1.96. The summed E-state index contributed by atoms with van der Waals surface area (Å²) in [6.07, 6.45) is 1.10. The molecular weight excluding hydrogens is 144 g/mol. The maximum Gasteiger partial charge on any atom is 0.390 e. The molecular formula is C7H17O2Si. The van der Waals surface area contributed by atoms with Gasteiger partial charge >= 0.3 is 9.28 Å². The average Bonchev–Trinajstić information content (AvgIpc) is 1.90. The van der Waals surface area contributed by atoms with Crippen LogP contribution < -0.4 is 0 Å². The van der Waals surface area contributed by atoms with Gasteiger partial charge in [0.2, 0.25) is 0 Å². The van der Waals surface area contributed by atoms with Gasteiger partial charge < -0.3 is 8.85 Å². The average molecular weight is 161 g/mol. The summed E-state index contributed by atoms with van der Waals surface area (Å²) < 4.78 is 10.5. The lowest BCUT2D eigenvalue weighted by atomic mass is 10.1. The Labute approximate surface area is 65.4 Å². The first kappa shape index (κ1) is 10.1. The fourth-order valence-electron chi connectivity index (χ4n) is 0.780. The molecule has 2 nitrogen and oxygen atoms in total. The third kappa shape index (κ3) is 2.40. The second-order valence-electron chi connectivity index (χ2n) is 2.93. The molecule has 0 heterocycles. The van der Waals surface area contributed by atoms with Gasteiger partial charge in [-0.1, -0.05) is 20.8 Å². The van der Waals surface area contributed by atoms with E-state index < -0.39 is 9.28 Å². The highest BCUT2D eigenvalue weighted by molar-refractivity contribution is 6.48. The molecule has 0 atom stereocenters. The van der Waals surface area contributed by atoms with E-state index in [9.17, 15) is 0 Å². The van der Waals surface area contributed by atoms with Crippen molar-refractivity contribution in [1.29, 1.82) is 0 Å². The second kappa shape index (κ2) is 4.11. The monoisotopic (exact) mass is 161 g/mol. The van der Waals surface area contributed by atoms with Crippen molar-refractivity contribution in [2.24, 2.45) is 0 Å². The van der Waals surface area contributed by atoms with Crippen LogP contribution in [0.15, 0.2) is 0 Å². The van der Waals surface area contributed by atoms with Crippen LogP contribution in [-0.2, 0) is 8.85 Å². The molecule has 0 aromatic carbocycles. The molecule has 0 saturated heterocycles. The molecule has 0 aliphatic heterocycles. The van der Waals surface area contributed by atoms with E-state index in [0.29, 0.717) is 0 Å². The lowest BCUT2D eigenvalue weighted by Crippen LogP contribution is -2.32. The molecule has 0 saturated carbocycles. The normalized spacial score (nSPS) is 12.6. The standard InChI is InChI=1S/C7H17O2Si/c1-6-7(2,3)10(8-4)9-5/h6H2,1-5H3. The van der Waals surface area contributed by atoms with Crippen LogP contribution in [0.1, 0.15) is 27.2 Å². The quantitative estimate of drug-likeness (QED) is 0.587. The zero-order valence-electron chi connectivity index (χ0n) is 7.52. The van der Waals surface area contributed by atoms with Crippen molar-refractivity contribution in [1.82, 2.24) is 0 Å². The van der Waals surface area contributed by atoms with Gasteiger partial charge in [-0.05, 0) is 6.42 Å². The van der Waals surface area contributed by atoms with Crippen molar-refractivity contribution >= 4 is 9.28 Å². The Morgan fingerprint density at radius 2 is 1.60 bits per heavy atom. The van der Waals surface area contributed by atoms with E-state index in [1.165, 1.54) is 0 Å². The van der Waals surface area contributed by atoms with E-state index in [2.05, 4.69) is 20.8 Å². The van der Waals surface area contributed by atoms with E-state index in [0.717, 1.165) is 6.42 Å². The molecule has 0 spiro atoms. The molecule has 3 heteroatoms. The Morgan fingerprint density at radius 3 is 1.70 bits per heavy atom. The topological polar surface area (TPSA) is 18.5 Å². The van der Waals surface area contributed by atoms with Crippen molar-refractivity contribution in [2.75, 3.05) is 14.2 Å². The van der Waals surface area contributed by atoms with Gasteiger partial charge in [-0.15, -0.1) is 0 Å². The molecule has 0 aliphatic carbocycles. The third-order valence-electron chi connectivity index (χ3n) is 1.81. The van der Waals surface area contributed by atoms with Crippen LogP contribution in [0, 0.1) is 0 Å². The van der Waals surface area contributed by atoms with Gasteiger partial charge in [-0.3, -0.25) is 0 Å². The van der Waals surface area contributed by atoms with Crippen LogP contribution in [0.2, 0.25) is 5.04 Å². The largest absolute Gasteiger partial charge is 0.396 e. The minimum absolute atomic E-state index is 0.216. The van der Waals surface area contributed by atoms with Crippen LogP contribution >= 0.6 is 0 Å². The zero-order valence-corrected chi connectivity index (χ0v) is 8.52. The van der Waals surface area contributed by atoms with Crippen molar-refractivity contribution in [2.45, 2.75) is 32.2 Å². The molecule has 0 aromatic heterocycles. The van der Waals surface area contributed by atoms with E-state index in [1.54, 1.807) is 14.2 Å². The molecule has 0 N–H and O–H groups in total. The van der Waals surface area contributed by atoms with Crippen LogP contribution in [0.3, 0.4) is 0 Å². The maximum atomic E-state index is 5.23. The summed E-state index contributed by atoms with van der Waals surface area (Å²) in [5, 5.41) is 0.216. The summed E-state index contributed by atoms with van der Waals surface area (Å²) >= 11 is 0. The molecule has 0 bridgehead atoms. The Balaban J connectivity index is 3.97. The minimum atomic E-state index is -1.05. The second-order valence-corrected chi connectivity index (χ2v) is 5.68. The van der Waals surface area contributed by atoms with Crippen molar-refractivity contribution in [3.8, 4) is 0 Å². The van der Waals surface area contributed by atoms with E-state index >= 15 is 0 Å². The minimum Gasteiger partial charge on any atom is -0.396 e. The zero-order chi connectivity index (χ0) is 8.20. The van der Waals surface area contributed by atoms with Crippen molar-refractivity contribution in [3.63, 3.8) is 0 Å². The van der Waals surface area contributed by atoms with E-state index in [1.807, 2.05) is 0 Å². The summed E-state index contributed by atoms with van der Waals surface area (Å²) in [6, 6.07) is 0. The fourth-order valence-corrected chi connectivity index (χ4v) is 2.34. The highest BCUT2D eigenvalue weighted by atomic mass is 28.3. The summed E-state index contributed by atoms with van der Waals surface area (Å²) in [5.41, 5.74) is 0. The van der Waals surface area contributed by atoms with Gasteiger partial charge in [0.1, 0.15) is 0 Å². The molecule has 0 fully saturated rings. The Bertz CT molecular complexity index is 89.6. The molecule has 0 unspecified atom stereocenters. The van der Waals surface area contributed by atoms with Crippen molar-refractivity contribution in [3.05, 3.63) is 0 Å². The Morgan fingerprint density at radius 1 is 1.20 bits per heavy atom. The van der Waals surface area contributed by atoms with Gasteiger partial charge in [0, 0.05) is 19.3 Å². The molecule has 61 valence electrons. The highest BCUT2D eigenvalue weighted by Gasteiger charge is 2.32. The van der Waals surface area contributed by atoms with E-state index in [-0.39, 0.29) is 5.04 Å². The van der Waals surface area contributed by atoms with Gasteiger partial charge in [-0.25, -0.2) is 0 Å². The van der Waals surface area contributed by atoms with Crippen LogP contribution in [0.4, 0.5) is 0 Å². The summed E-state index contributed by atoms with van der Waals surface area (Å²) in [7, 11) is 2.38. The molecule has 1 radical (unpaired) electrons. The predicted molar refractivity (Wildman–Crippen MR) is 44.1 cm³/mol. The van der Waals surface area contributed by atoms with Gasteiger partial charge in [-0.2, -0.15) is 0 Å². The van der Waals surface area contributed by atoms with Gasteiger partial charge in [0.05, 0.1) is 0 Å². The molecule has 0 rings (SSSR count). The summed E-state index contributed by atoms with van der Waals surface area (Å²) in [4.78, 5) is 0. The van der Waals surface area contributed by atoms with Crippen LogP contribution in [-0.4, -0.2) is 23.5 Å². The molecule has 0 aliphatic rings.